The maximum absolute atomic E-state index is 13.1. The molecule has 0 saturated carbocycles. The number of aromatic nitrogens is 2. The maximum Gasteiger partial charge on any atom is 0.339 e. The number of morpholine rings is 1. The van der Waals surface area contributed by atoms with Gasteiger partial charge in [-0.15, -0.1) is 0 Å². The summed E-state index contributed by atoms with van der Waals surface area (Å²) in [6.45, 7) is 3.21. The first-order valence-corrected chi connectivity index (χ1v) is 7.01. The molecule has 1 aliphatic rings. The second-order valence-electron chi connectivity index (χ2n) is 5.09. The Balaban J connectivity index is 1.95. The van der Waals surface area contributed by atoms with Crippen molar-refractivity contribution >= 4 is 5.97 Å². The predicted molar refractivity (Wildman–Crippen MR) is 76.6 cm³/mol. The third kappa shape index (κ3) is 3.00. The zero-order valence-corrected chi connectivity index (χ0v) is 11.9. The van der Waals surface area contributed by atoms with E-state index in [0.29, 0.717) is 31.1 Å². The summed E-state index contributed by atoms with van der Waals surface area (Å²) in [5.41, 5.74) is 1.38. The second kappa shape index (κ2) is 6.25. The smallest absolute Gasteiger partial charge is 0.339 e. The average Bonchev–Trinajstić information content (AvgIpc) is 2.93. The van der Waals surface area contributed by atoms with Gasteiger partial charge in [-0.1, -0.05) is 0 Å². The molecule has 116 valence electrons. The highest BCUT2D eigenvalue weighted by Crippen LogP contribution is 2.18. The summed E-state index contributed by atoms with van der Waals surface area (Å²) in [5, 5.41) is 13.5. The third-order valence-electron chi connectivity index (χ3n) is 3.65. The molecular formula is C15H16FN3O3. The van der Waals surface area contributed by atoms with Crippen LogP contribution in [0.3, 0.4) is 0 Å². The molecule has 7 heteroatoms. The number of nitrogens with zero attached hydrogens (tertiary/aromatic N) is 3. The van der Waals surface area contributed by atoms with Crippen LogP contribution in [0.2, 0.25) is 0 Å². The largest absolute Gasteiger partial charge is 0.478 e. The SMILES string of the molecule is O=C(O)c1cnn(-c2ccc(F)cc2)c1CN1CCOCC1. The minimum Gasteiger partial charge on any atom is -0.478 e. The summed E-state index contributed by atoms with van der Waals surface area (Å²) < 4.78 is 19.9. The molecule has 0 unspecified atom stereocenters. The number of benzene rings is 1. The van der Waals surface area contributed by atoms with Crippen molar-refractivity contribution in [2.75, 3.05) is 26.3 Å². The Morgan fingerprint density at radius 3 is 2.59 bits per heavy atom. The number of rotatable bonds is 4. The number of carboxylic acid groups (broad SMARTS) is 1. The van der Waals surface area contributed by atoms with Crippen LogP contribution in [-0.2, 0) is 11.3 Å². The molecule has 1 aliphatic heterocycles. The van der Waals surface area contributed by atoms with E-state index < -0.39 is 5.97 Å². The van der Waals surface area contributed by atoms with Gasteiger partial charge in [-0.3, -0.25) is 4.90 Å². The van der Waals surface area contributed by atoms with Crippen LogP contribution in [0.5, 0.6) is 0 Å². The van der Waals surface area contributed by atoms with Gasteiger partial charge >= 0.3 is 5.97 Å². The molecule has 3 rings (SSSR count). The monoisotopic (exact) mass is 305 g/mol. The lowest BCUT2D eigenvalue weighted by molar-refractivity contribution is 0.0331. The molecule has 1 fully saturated rings. The molecule has 0 spiro atoms. The summed E-state index contributed by atoms with van der Waals surface area (Å²) in [7, 11) is 0. The highest BCUT2D eigenvalue weighted by atomic mass is 19.1. The van der Waals surface area contributed by atoms with Crippen molar-refractivity contribution in [1.82, 2.24) is 14.7 Å². The van der Waals surface area contributed by atoms with Crippen molar-refractivity contribution in [3.8, 4) is 5.69 Å². The Labute approximate surface area is 126 Å². The van der Waals surface area contributed by atoms with Crippen LogP contribution in [0.4, 0.5) is 4.39 Å². The van der Waals surface area contributed by atoms with E-state index >= 15 is 0 Å². The molecule has 1 aromatic heterocycles. The van der Waals surface area contributed by atoms with Crippen LogP contribution in [0.15, 0.2) is 30.5 Å². The Bertz CT molecular complexity index is 663. The maximum atomic E-state index is 13.1. The number of carboxylic acids is 1. The van der Waals surface area contributed by atoms with Crippen molar-refractivity contribution in [1.29, 1.82) is 0 Å². The number of carbonyl (C=O) groups is 1. The van der Waals surface area contributed by atoms with Gasteiger partial charge in [0.1, 0.15) is 11.4 Å². The van der Waals surface area contributed by atoms with E-state index in [9.17, 15) is 14.3 Å². The van der Waals surface area contributed by atoms with Gasteiger partial charge in [0.25, 0.3) is 0 Å². The summed E-state index contributed by atoms with van der Waals surface area (Å²) in [5.74, 6) is -1.36. The van der Waals surface area contributed by atoms with Crippen LogP contribution in [0.25, 0.3) is 5.69 Å². The topological polar surface area (TPSA) is 67.6 Å². The van der Waals surface area contributed by atoms with E-state index in [0.717, 1.165) is 13.1 Å². The number of aromatic carboxylic acids is 1. The van der Waals surface area contributed by atoms with E-state index in [2.05, 4.69) is 10.00 Å². The van der Waals surface area contributed by atoms with Crippen molar-refractivity contribution < 1.29 is 19.0 Å². The van der Waals surface area contributed by atoms with Crippen LogP contribution in [0, 0.1) is 5.82 Å². The molecule has 1 aromatic carbocycles. The van der Waals surface area contributed by atoms with Gasteiger partial charge in [0.2, 0.25) is 0 Å². The molecular weight excluding hydrogens is 289 g/mol. The summed E-state index contributed by atoms with van der Waals surface area (Å²) >= 11 is 0. The lowest BCUT2D eigenvalue weighted by Crippen LogP contribution is -2.36. The number of hydrogen-bond donors (Lipinski definition) is 1. The number of halogens is 1. The van der Waals surface area contributed by atoms with Crippen molar-refractivity contribution in [2.45, 2.75) is 6.54 Å². The number of hydrogen-bond acceptors (Lipinski definition) is 4. The molecule has 1 saturated heterocycles. The highest BCUT2D eigenvalue weighted by molar-refractivity contribution is 5.88. The fourth-order valence-corrected chi connectivity index (χ4v) is 2.48. The molecule has 0 radical (unpaired) electrons. The van der Waals surface area contributed by atoms with Gasteiger partial charge in [-0.2, -0.15) is 5.10 Å². The van der Waals surface area contributed by atoms with Crippen molar-refractivity contribution in [2.24, 2.45) is 0 Å². The van der Waals surface area contributed by atoms with Gasteiger partial charge in [0, 0.05) is 19.6 Å². The quantitative estimate of drug-likeness (QED) is 0.928. The van der Waals surface area contributed by atoms with E-state index in [1.165, 1.54) is 18.3 Å². The average molecular weight is 305 g/mol. The first kappa shape index (κ1) is 14.7. The minimum absolute atomic E-state index is 0.163. The Hall–Kier alpha value is -2.25. The Morgan fingerprint density at radius 1 is 1.27 bits per heavy atom. The first-order valence-electron chi connectivity index (χ1n) is 7.01. The molecule has 2 aromatic rings. The molecule has 0 bridgehead atoms. The zero-order chi connectivity index (χ0) is 15.5. The molecule has 1 N–H and O–H groups in total. The Kier molecular flexibility index (Phi) is 4.17. The third-order valence-corrected chi connectivity index (χ3v) is 3.65. The molecule has 0 atom stereocenters. The fourth-order valence-electron chi connectivity index (χ4n) is 2.48. The van der Waals surface area contributed by atoms with Crippen molar-refractivity contribution in [3.63, 3.8) is 0 Å². The molecule has 22 heavy (non-hydrogen) atoms. The predicted octanol–water partition coefficient (Wildman–Crippen LogP) is 1.54. The van der Waals surface area contributed by atoms with Gasteiger partial charge < -0.3 is 9.84 Å². The first-order chi connectivity index (χ1) is 10.6. The lowest BCUT2D eigenvalue weighted by Gasteiger charge is -2.27. The highest BCUT2D eigenvalue weighted by Gasteiger charge is 2.21. The van der Waals surface area contributed by atoms with Crippen LogP contribution >= 0.6 is 0 Å². The van der Waals surface area contributed by atoms with Gasteiger partial charge in [0.15, 0.2) is 0 Å². The van der Waals surface area contributed by atoms with Gasteiger partial charge in [0.05, 0.1) is 30.8 Å². The summed E-state index contributed by atoms with van der Waals surface area (Å²) in [6.07, 6.45) is 1.33. The normalized spacial score (nSPS) is 15.9. The fraction of sp³-hybridized carbons (Fsp3) is 0.333. The van der Waals surface area contributed by atoms with Crippen LogP contribution in [-0.4, -0.2) is 52.1 Å². The molecule has 6 nitrogen and oxygen atoms in total. The summed E-state index contributed by atoms with van der Waals surface area (Å²) in [6, 6.07) is 5.82. The molecule has 0 aliphatic carbocycles. The second-order valence-corrected chi connectivity index (χ2v) is 5.09. The van der Waals surface area contributed by atoms with Crippen LogP contribution < -0.4 is 0 Å². The lowest BCUT2D eigenvalue weighted by atomic mass is 10.2. The van der Waals surface area contributed by atoms with Gasteiger partial charge in [-0.25, -0.2) is 13.9 Å². The number of ether oxygens (including phenoxy) is 1. The Morgan fingerprint density at radius 2 is 1.95 bits per heavy atom. The van der Waals surface area contributed by atoms with E-state index in [1.54, 1.807) is 16.8 Å². The molecule has 2 heterocycles. The van der Waals surface area contributed by atoms with Crippen molar-refractivity contribution in [3.05, 3.63) is 47.5 Å². The van der Waals surface area contributed by atoms with Crippen LogP contribution in [0.1, 0.15) is 16.1 Å². The zero-order valence-electron chi connectivity index (χ0n) is 11.9. The minimum atomic E-state index is -1.02. The molecule has 0 amide bonds. The summed E-state index contributed by atoms with van der Waals surface area (Å²) in [4.78, 5) is 13.5. The van der Waals surface area contributed by atoms with E-state index in [4.69, 9.17) is 4.74 Å². The van der Waals surface area contributed by atoms with E-state index in [-0.39, 0.29) is 11.4 Å². The van der Waals surface area contributed by atoms with E-state index in [1.807, 2.05) is 0 Å². The standard InChI is InChI=1S/C15H16FN3O3/c16-11-1-3-12(4-2-11)19-14(13(9-17-19)15(20)21)10-18-5-7-22-8-6-18/h1-4,9H,5-8,10H2,(H,20,21). The van der Waals surface area contributed by atoms with Gasteiger partial charge in [-0.05, 0) is 24.3 Å².